The first kappa shape index (κ1) is 34.1. The summed E-state index contributed by atoms with van der Waals surface area (Å²) in [4.78, 5) is 50.0. The first-order chi connectivity index (χ1) is 18.0. The van der Waals surface area contributed by atoms with Gasteiger partial charge in [0.2, 0.25) is 0 Å². The van der Waals surface area contributed by atoms with Gasteiger partial charge in [0.15, 0.2) is 11.5 Å². The summed E-state index contributed by atoms with van der Waals surface area (Å²) in [7, 11) is 0. The number of benzene rings is 1. The van der Waals surface area contributed by atoms with E-state index in [1.165, 1.54) is 12.1 Å². The molecule has 0 saturated carbocycles. The van der Waals surface area contributed by atoms with Crippen molar-refractivity contribution >= 4 is 23.9 Å². The number of nitrogens with two attached hydrogens (primary N) is 1. The average molecular weight is 550 g/mol. The number of esters is 3. The number of carboxylic acid groups (broad SMARTS) is 1. The summed E-state index contributed by atoms with van der Waals surface area (Å²) in [5.74, 6) is -2.60. The van der Waals surface area contributed by atoms with E-state index in [-0.39, 0.29) is 30.8 Å². The van der Waals surface area contributed by atoms with Crippen LogP contribution in [0, 0.1) is 10.8 Å². The molecule has 0 amide bonds. The highest BCUT2D eigenvalue weighted by molar-refractivity contribution is 5.82. The molecule has 0 saturated heterocycles. The van der Waals surface area contributed by atoms with Gasteiger partial charge in [0.1, 0.15) is 11.6 Å². The van der Waals surface area contributed by atoms with Gasteiger partial charge in [-0.3, -0.25) is 19.2 Å². The molecule has 1 aromatic carbocycles. The van der Waals surface area contributed by atoms with Crippen molar-refractivity contribution in [2.45, 2.75) is 118 Å². The SMILES string of the molecule is CCCCCC(=O)O[C@@H](C)CC(N)(Cc1ccc(OC(=O)C(C)(C)CC)c(OC(=O)C(C)(C)CC)c1)C(=O)O. The molecular formula is C30H47NO8. The van der Waals surface area contributed by atoms with Gasteiger partial charge in [-0.05, 0) is 71.6 Å². The van der Waals surface area contributed by atoms with Gasteiger partial charge >= 0.3 is 23.9 Å². The van der Waals surface area contributed by atoms with Crippen molar-refractivity contribution in [3.05, 3.63) is 23.8 Å². The molecule has 9 heteroatoms. The molecule has 0 aliphatic heterocycles. The molecule has 3 N–H and O–H groups in total. The van der Waals surface area contributed by atoms with E-state index in [1.54, 1.807) is 40.7 Å². The predicted octanol–water partition coefficient (Wildman–Crippen LogP) is 5.60. The summed E-state index contributed by atoms with van der Waals surface area (Å²) in [5, 5.41) is 9.97. The van der Waals surface area contributed by atoms with Crippen molar-refractivity contribution in [2.75, 3.05) is 0 Å². The quantitative estimate of drug-likeness (QED) is 0.153. The van der Waals surface area contributed by atoms with Gasteiger partial charge in [0.05, 0.1) is 10.8 Å². The molecule has 0 aliphatic carbocycles. The van der Waals surface area contributed by atoms with Crippen molar-refractivity contribution in [2.24, 2.45) is 16.6 Å². The Kier molecular flexibility index (Phi) is 12.6. The van der Waals surface area contributed by atoms with E-state index < -0.39 is 46.4 Å². The number of aliphatic carboxylic acids is 1. The fraction of sp³-hybridized carbons (Fsp3) is 0.667. The van der Waals surface area contributed by atoms with Crippen LogP contribution in [0.1, 0.15) is 106 Å². The van der Waals surface area contributed by atoms with Gasteiger partial charge in [0.25, 0.3) is 0 Å². The van der Waals surface area contributed by atoms with Crippen LogP contribution in [0.4, 0.5) is 0 Å². The third-order valence-electron chi connectivity index (χ3n) is 7.20. The lowest BCUT2D eigenvalue weighted by Crippen LogP contribution is -2.52. The summed E-state index contributed by atoms with van der Waals surface area (Å²) in [6.45, 7) is 14.4. The van der Waals surface area contributed by atoms with Crippen LogP contribution in [0.25, 0.3) is 0 Å². The van der Waals surface area contributed by atoms with Gasteiger partial charge in [-0.25, -0.2) is 0 Å². The maximum Gasteiger partial charge on any atom is 0.324 e. The maximum atomic E-state index is 12.9. The zero-order chi connectivity index (χ0) is 30.0. The second kappa shape index (κ2) is 14.4. The molecular weight excluding hydrogens is 502 g/mol. The van der Waals surface area contributed by atoms with Crippen LogP contribution < -0.4 is 15.2 Å². The number of carboxylic acids is 1. The minimum Gasteiger partial charge on any atom is -0.480 e. The number of hydrogen-bond donors (Lipinski definition) is 2. The molecule has 39 heavy (non-hydrogen) atoms. The lowest BCUT2D eigenvalue weighted by atomic mass is 9.86. The molecule has 0 aromatic heterocycles. The normalized spacial score (nSPS) is 14.2. The van der Waals surface area contributed by atoms with Crippen molar-refractivity contribution < 1.29 is 38.5 Å². The number of carbonyl (C=O) groups excluding carboxylic acids is 3. The Hall–Kier alpha value is -2.94. The van der Waals surface area contributed by atoms with Gasteiger partial charge < -0.3 is 25.1 Å². The molecule has 0 aliphatic rings. The first-order valence-electron chi connectivity index (χ1n) is 13.8. The Balaban J connectivity index is 3.26. The van der Waals surface area contributed by atoms with E-state index in [4.69, 9.17) is 19.9 Å². The Bertz CT molecular complexity index is 1020. The van der Waals surface area contributed by atoms with Crippen LogP contribution in [-0.4, -0.2) is 40.6 Å². The highest BCUT2D eigenvalue weighted by atomic mass is 16.6. The highest BCUT2D eigenvalue weighted by Gasteiger charge is 2.38. The topological polar surface area (TPSA) is 142 Å². The fourth-order valence-corrected chi connectivity index (χ4v) is 3.55. The summed E-state index contributed by atoms with van der Waals surface area (Å²) in [5.41, 5.74) is 3.45. The zero-order valence-corrected chi connectivity index (χ0v) is 24.8. The van der Waals surface area contributed by atoms with Crippen molar-refractivity contribution in [1.29, 1.82) is 0 Å². The smallest absolute Gasteiger partial charge is 0.324 e. The molecule has 1 unspecified atom stereocenters. The molecule has 1 aromatic rings. The fourth-order valence-electron chi connectivity index (χ4n) is 3.55. The van der Waals surface area contributed by atoms with Crippen molar-refractivity contribution in [1.82, 2.24) is 0 Å². The monoisotopic (exact) mass is 549 g/mol. The van der Waals surface area contributed by atoms with E-state index in [9.17, 15) is 24.3 Å². The van der Waals surface area contributed by atoms with Crippen LogP contribution >= 0.6 is 0 Å². The van der Waals surface area contributed by atoms with Gasteiger partial charge in [0, 0.05) is 19.3 Å². The van der Waals surface area contributed by atoms with Crippen LogP contribution in [-0.2, 0) is 30.3 Å². The van der Waals surface area contributed by atoms with E-state index >= 15 is 0 Å². The Morgan fingerprint density at radius 3 is 1.92 bits per heavy atom. The number of carbonyl (C=O) groups is 4. The molecule has 0 spiro atoms. The zero-order valence-electron chi connectivity index (χ0n) is 24.8. The van der Waals surface area contributed by atoms with Crippen LogP contribution in [0.5, 0.6) is 11.5 Å². The molecule has 0 fully saturated rings. The van der Waals surface area contributed by atoms with Crippen LogP contribution in [0.3, 0.4) is 0 Å². The standard InChI is InChI=1S/C30H47NO8/c1-9-12-13-14-24(32)37-20(4)18-30(31,25(33)34)19-21-15-16-22(38-26(35)28(5,6)10-2)23(17-21)39-27(36)29(7,8)11-3/h15-17,20H,9-14,18-19,31H2,1-8H3,(H,33,34)/t20-,30?/m0/s1. The Morgan fingerprint density at radius 2 is 1.44 bits per heavy atom. The Morgan fingerprint density at radius 1 is 0.897 bits per heavy atom. The number of unbranched alkanes of at least 4 members (excludes halogenated alkanes) is 2. The van der Waals surface area contributed by atoms with Gasteiger partial charge in [-0.1, -0.05) is 39.7 Å². The lowest BCUT2D eigenvalue weighted by molar-refractivity contribution is -0.153. The number of rotatable bonds is 16. The summed E-state index contributed by atoms with van der Waals surface area (Å²) < 4.78 is 16.7. The number of ether oxygens (including phenoxy) is 3. The second-order valence-electron chi connectivity index (χ2n) is 11.6. The van der Waals surface area contributed by atoms with Crippen LogP contribution in [0.15, 0.2) is 18.2 Å². The molecule has 220 valence electrons. The molecule has 0 radical (unpaired) electrons. The second-order valence-corrected chi connectivity index (χ2v) is 11.6. The Labute approximate surface area is 232 Å². The van der Waals surface area contributed by atoms with E-state index in [2.05, 4.69) is 0 Å². The van der Waals surface area contributed by atoms with E-state index in [0.29, 0.717) is 24.8 Å². The van der Waals surface area contributed by atoms with Crippen LogP contribution in [0.2, 0.25) is 0 Å². The van der Waals surface area contributed by atoms with Gasteiger partial charge in [-0.15, -0.1) is 0 Å². The first-order valence-corrected chi connectivity index (χ1v) is 13.8. The summed E-state index contributed by atoms with van der Waals surface area (Å²) >= 11 is 0. The largest absolute Gasteiger partial charge is 0.480 e. The molecule has 0 bridgehead atoms. The van der Waals surface area contributed by atoms with Gasteiger partial charge in [-0.2, -0.15) is 0 Å². The molecule has 1 rings (SSSR count). The predicted molar refractivity (Wildman–Crippen MR) is 148 cm³/mol. The molecule has 9 nitrogen and oxygen atoms in total. The van der Waals surface area contributed by atoms with Crippen molar-refractivity contribution in [3.8, 4) is 11.5 Å². The summed E-state index contributed by atoms with van der Waals surface area (Å²) in [6.07, 6.45) is 2.91. The maximum absolute atomic E-state index is 12.9. The lowest BCUT2D eigenvalue weighted by Gasteiger charge is -2.28. The third-order valence-corrected chi connectivity index (χ3v) is 7.20. The minimum absolute atomic E-state index is 0.00224. The van der Waals surface area contributed by atoms with E-state index in [1.807, 2.05) is 20.8 Å². The van der Waals surface area contributed by atoms with Crippen molar-refractivity contribution in [3.63, 3.8) is 0 Å². The highest BCUT2D eigenvalue weighted by Crippen LogP contribution is 2.35. The molecule has 0 heterocycles. The summed E-state index contributed by atoms with van der Waals surface area (Å²) in [6, 6.07) is 4.52. The number of hydrogen-bond acceptors (Lipinski definition) is 8. The average Bonchev–Trinajstić information content (AvgIpc) is 2.85. The minimum atomic E-state index is -1.77. The molecule has 2 atom stereocenters. The third kappa shape index (κ3) is 10.3. The van der Waals surface area contributed by atoms with E-state index in [0.717, 1.165) is 12.8 Å².